The first-order chi connectivity index (χ1) is 13.7. The fourth-order valence-electron chi connectivity index (χ4n) is 3.85. The SMILES string of the molecule is O=C(Cc1cc2c(cc1Cl)OCCO2)N1CCc2oc(C3CCOC3)nc2C1. The van der Waals surface area contributed by atoms with Crippen molar-refractivity contribution in [1.29, 1.82) is 0 Å². The van der Waals surface area contributed by atoms with Crippen LogP contribution in [0.15, 0.2) is 16.5 Å². The van der Waals surface area contributed by atoms with E-state index >= 15 is 0 Å². The first kappa shape index (κ1) is 17.8. The van der Waals surface area contributed by atoms with Crippen molar-refractivity contribution in [2.75, 3.05) is 33.0 Å². The van der Waals surface area contributed by atoms with Gasteiger partial charge in [-0.25, -0.2) is 4.98 Å². The number of fused-ring (bicyclic) bond motifs is 2. The van der Waals surface area contributed by atoms with Gasteiger partial charge in [-0.3, -0.25) is 4.79 Å². The van der Waals surface area contributed by atoms with Crippen LogP contribution >= 0.6 is 11.6 Å². The van der Waals surface area contributed by atoms with Gasteiger partial charge in [-0.05, 0) is 18.1 Å². The third-order valence-corrected chi connectivity index (χ3v) is 5.78. The first-order valence-electron chi connectivity index (χ1n) is 9.59. The Kier molecular flexibility index (Phi) is 4.64. The lowest BCUT2D eigenvalue weighted by Crippen LogP contribution is -2.36. The summed E-state index contributed by atoms with van der Waals surface area (Å²) in [5.41, 5.74) is 1.60. The van der Waals surface area contributed by atoms with Crippen LogP contribution in [0.5, 0.6) is 11.5 Å². The number of rotatable bonds is 3. The molecule has 0 saturated carbocycles. The van der Waals surface area contributed by atoms with Crippen LogP contribution < -0.4 is 9.47 Å². The Labute approximate surface area is 167 Å². The van der Waals surface area contributed by atoms with Crippen molar-refractivity contribution in [3.8, 4) is 11.5 Å². The molecular weight excluding hydrogens is 384 g/mol. The number of hydrogen-bond donors (Lipinski definition) is 0. The highest BCUT2D eigenvalue weighted by atomic mass is 35.5. The molecule has 148 valence electrons. The molecule has 3 aliphatic heterocycles. The number of halogens is 1. The van der Waals surface area contributed by atoms with Gasteiger partial charge in [-0.2, -0.15) is 0 Å². The molecule has 2 aromatic rings. The molecule has 8 heteroatoms. The average Bonchev–Trinajstić information content (AvgIpc) is 3.37. The van der Waals surface area contributed by atoms with E-state index in [-0.39, 0.29) is 18.2 Å². The molecule has 3 aliphatic rings. The fraction of sp³-hybridized carbons (Fsp3) is 0.500. The summed E-state index contributed by atoms with van der Waals surface area (Å²) < 4.78 is 22.5. The van der Waals surface area contributed by atoms with Gasteiger partial charge in [0.05, 0.1) is 25.5 Å². The van der Waals surface area contributed by atoms with Crippen molar-refractivity contribution in [2.24, 2.45) is 0 Å². The molecule has 1 aromatic carbocycles. The monoisotopic (exact) mass is 404 g/mol. The summed E-state index contributed by atoms with van der Waals surface area (Å²) >= 11 is 6.36. The van der Waals surface area contributed by atoms with Crippen LogP contribution in [-0.4, -0.2) is 48.8 Å². The van der Waals surface area contributed by atoms with Crippen molar-refractivity contribution < 1.29 is 23.4 Å². The van der Waals surface area contributed by atoms with Gasteiger partial charge in [0.1, 0.15) is 24.7 Å². The maximum Gasteiger partial charge on any atom is 0.227 e. The largest absolute Gasteiger partial charge is 0.486 e. The van der Waals surface area contributed by atoms with Crippen LogP contribution in [0, 0.1) is 0 Å². The Balaban J connectivity index is 1.29. The van der Waals surface area contributed by atoms with Gasteiger partial charge >= 0.3 is 0 Å². The minimum absolute atomic E-state index is 0.0120. The summed E-state index contributed by atoms with van der Waals surface area (Å²) in [5, 5.41) is 0.514. The fourth-order valence-corrected chi connectivity index (χ4v) is 4.07. The second-order valence-electron chi connectivity index (χ2n) is 7.31. The molecule has 0 N–H and O–H groups in total. The van der Waals surface area contributed by atoms with Crippen LogP contribution in [0.25, 0.3) is 0 Å². The molecule has 4 heterocycles. The van der Waals surface area contributed by atoms with Gasteiger partial charge in [0, 0.05) is 30.7 Å². The number of aromatic nitrogens is 1. The molecular formula is C20H21ClN2O5. The van der Waals surface area contributed by atoms with E-state index in [0.717, 1.165) is 35.9 Å². The lowest BCUT2D eigenvalue weighted by molar-refractivity contribution is -0.131. The zero-order valence-electron chi connectivity index (χ0n) is 15.4. The summed E-state index contributed by atoms with van der Waals surface area (Å²) in [4.78, 5) is 19.3. The van der Waals surface area contributed by atoms with Gasteiger partial charge in [-0.1, -0.05) is 11.6 Å². The van der Waals surface area contributed by atoms with E-state index in [0.29, 0.717) is 55.9 Å². The molecule has 0 aliphatic carbocycles. The first-order valence-corrected chi connectivity index (χ1v) is 9.97. The minimum Gasteiger partial charge on any atom is -0.486 e. The topological polar surface area (TPSA) is 74.0 Å². The number of benzene rings is 1. The Morgan fingerprint density at radius 2 is 2.04 bits per heavy atom. The Bertz CT molecular complexity index is 906. The number of carbonyl (C=O) groups is 1. The van der Waals surface area contributed by atoms with E-state index in [2.05, 4.69) is 4.98 Å². The lowest BCUT2D eigenvalue weighted by atomic mass is 10.1. The third kappa shape index (κ3) is 3.33. The lowest BCUT2D eigenvalue weighted by Gasteiger charge is -2.26. The molecule has 0 bridgehead atoms. The highest BCUT2D eigenvalue weighted by molar-refractivity contribution is 6.31. The van der Waals surface area contributed by atoms with Crippen molar-refractivity contribution in [2.45, 2.75) is 31.7 Å². The zero-order chi connectivity index (χ0) is 19.1. The Hall–Kier alpha value is -2.25. The Morgan fingerprint density at radius 1 is 1.21 bits per heavy atom. The predicted molar refractivity (Wildman–Crippen MR) is 99.9 cm³/mol. The second kappa shape index (κ2) is 7.29. The summed E-state index contributed by atoms with van der Waals surface area (Å²) in [6.45, 7) is 3.49. The highest BCUT2D eigenvalue weighted by Crippen LogP contribution is 2.36. The number of oxazole rings is 1. The molecule has 1 fully saturated rings. The maximum absolute atomic E-state index is 12.9. The normalized spacial score (nSPS) is 20.9. The molecule has 28 heavy (non-hydrogen) atoms. The van der Waals surface area contributed by atoms with E-state index in [9.17, 15) is 4.79 Å². The maximum atomic E-state index is 12.9. The van der Waals surface area contributed by atoms with Crippen LogP contribution in [0.3, 0.4) is 0 Å². The molecule has 1 aromatic heterocycles. The number of amides is 1. The molecule has 0 spiro atoms. The van der Waals surface area contributed by atoms with Crippen LogP contribution in [0.2, 0.25) is 5.02 Å². The smallest absolute Gasteiger partial charge is 0.227 e. The standard InChI is InChI=1S/C20H21ClN2O5/c21-14-9-18-17(26-5-6-27-18)7-13(14)8-19(24)23-3-1-16-15(10-23)22-20(28-16)12-2-4-25-11-12/h7,9,12H,1-6,8,10-11H2. The van der Waals surface area contributed by atoms with Crippen molar-refractivity contribution in [3.63, 3.8) is 0 Å². The van der Waals surface area contributed by atoms with Gasteiger partial charge in [0.15, 0.2) is 17.4 Å². The molecule has 1 atom stereocenters. The van der Waals surface area contributed by atoms with E-state index in [1.807, 2.05) is 4.90 Å². The average molecular weight is 405 g/mol. The number of ether oxygens (including phenoxy) is 3. The van der Waals surface area contributed by atoms with Crippen LogP contribution in [-0.2, 0) is 28.9 Å². The van der Waals surface area contributed by atoms with Crippen LogP contribution in [0.4, 0.5) is 0 Å². The van der Waals surface area contributed by atoms with Gasteiger partial charge in [-0.15, -0.1) is 0 Å². The van der Waals surface area contributed by atoms with Crippen LogP contribution in [0.1, 0.15) is 35.2 Å². The summed E-state index contributed by atoms with van der Waals surface area (Å²) in [6.07, 6.45) is 1.83. The van der Waals surface area contributed by atoms with E-state index in [4.69, 9.17) is 30.2 Å². The van der Waals surface area contributed by atoms with Gasteiger partial charge < -0.3 is 23.5 Å². The van der Waals surface area contributed by atoms with Crippen molar-refractivity contribution in [3.05, 3.63) is 40.1 Å². The van der Waals surface area contributed by atoms with Gasteiger partial charge in [0.25, 0.3) is 0 Å². The minimum atomic E-state index is 0.0120. The van der Waals surface area contributed by atoms with E-state index in [1.165, 1.54) is 0 Å². The van der Waals surface area contributed by atoms with Crippen molar-refractivity contribution in [1.82, 2.24) is 9.88 Å². The highest BCUT2D eigenvalue weighted by Gasteiger charge is 2.30. The molecule has 1 amide bonds. The predicted octanol–water partition coefficient (Wildman–Crippen LogP) is 2.73. The summed E-state index contributed by atoms with van der Waals surface area (Å²) in [7, 11) is 0. The van der Waals surface area contributed by atoms with E-state index in [1.54, 1.807) is 12.1 Å². The van der Waals surface area contributed by atoms with E-state index < -0.39 is 0 Å². The molecule has 5 rings (SSSR count). The molecule has 1 saturated heterocycles. The quantitative estimate of drug-likeness (QED) is 0.783. The van der Waals surface area contributed by atoms with Gasteiger partial charge in [0.2, 0.25) is 5.91 Å². The number of hydrogen-bond acceptors (Lipinski definition) is 6. The number of carbonyl (C=O) groups excluding carboxylic acids is 1. The van der Waals surface area contributed by atoms with Crippen molar-refractivity contribution >= 4 is 17.5 Å². The number of nitrogens with zero attached hydrogens (tertiary/aromatic N) is 2. The summed E-state index contributed by atoms with van der Waals surface area (Å²) in [5.74, 6) is 3.14. The molecule has 7 nitrogen and oxygen atoms in total. The molecule has 1 unspecified atom stereocenters. The zero-order valence-corrected chi connectivity index (χ0v) is 16.2. The molecule has 0 radical (unpaired) electrons. The Morgan fingerprint density at radius 3 is 2.82 bits per heavy atom. The third-order valence-electron chi connectivity index (χ3n) is 5.43. The summed E-state index contributed by atoms with van der Waals surface area (Å²) in [6, 6.07) is 3.53. The second-order valence-corrected chi connectivity index (χ2v) is 7.72.